The van der Waals surface area contributed by atoms with Crippen molar-refractivity contribution in [1.82, 2.24) is 9.55 Å². The fraction of sp³-hybridized carbons (Fsp3) is 0.545. The third-order valence-electron chi connectivity index (χ3n) is 3.29. The Bertz CT molecular complexity index is 608. The van der Waals surface area contributed by atoms with Crippen LogP contribution < -0.4 is 11.4 Å². The van der Waals surface area contributed by atoms with Crippen molar-refractivity contribution in [3.63, 3.8) is 0 Å². The highest BCUT2D eigenvalue weighted by molar-refractivity contribution is 5.25. The SMILES string of the molecule is C=NC[C@]1(CO)O[C@@H](n2ccc(N)nc2=O)C(F)(F)[C@@H]1O. The van der Waals surface area contributed by atoms with Gasteiger partial charge in [-0.25, -0.2) is 4.79 Å². The number of aromatic nitrogens is 2. The van der Waals surface area contributed by atoms with Crippen LogP contribution in [0.15, 0.2) is 22.1 Å². The highest BCUT2D eigenvalue weighted by Crippen LogP contribution is 2.47. The van der Waals surface area contributed by atoms with E-state index in [4.69, 9.17) is 10.5 Å². The van der Waals surface area contributed by atoms with Gasteiger partial charge in [0.25, 0.3) is 0 Å². The zero-order valence-electron chi connectivity index (χ0n) is 10.8. The summed E-state index contributed by atoms with van der Waals surface area (Å²) in [6.07, 6.45) is -3.53. The Balaban J connectivity index is 2.50. The molecule has 3 atom stereocenters. The Morgan fingerprint density at radius 1 is 1.62 bits per heavy atom. The van der Waals surface area contributed by atoms with Crippen LogP contribution in [0.4, 0.5) is 14.6 Å². The minimum absolute atomic E-state index is 0.140. The molecule has 1 aromatic heterocycles. The second-order valence-electron chi connectivity index (χ2n) is 4.69. The number of alkyl halides is 2. The van der Waals surface area contributed by atoms with Crippen LogP contribution >= 0.6 is 0 Å². The summed E-state index contributed by atoms with van der Waals surface area (Å²) >= 11 is 0. The summed E-state index contributed by atoms with van der Waals surface area (Å²) in [5, 5.41) is 19.1. The number of nitrogens with zero attached hydrogens (tertiary/aromatic N) is 3. The first-order valence-corrected chi connectivity index (χ1v) is 5.90. The molecule has 0 unspecified atom stereocenters. The number of anilines is 1. The van der Waals surface area contributed by atoms with Gasteiger partial charge in [-0.1, -0.05) is 0 Å². The van der Waals surface area contributed by atoms with Crippen molar-refractivity contribution in [2.75, 3.05) is 18.9 Å². The lowest BCUT2D eigenvalue weighted by atomic mass is 9.95. The van der Waals surface area contributed by atoms with Gasteiger partial charge < -0.3 is 20.7 Å². The number of aliphatic hydroxyl groups is 2. The number of halogens is 2. The monoisotopic (exact) mass is 304 g/mol. The van der Waals surface area contributed by atoms with E-state index in [1.54, 1.807) is 0 Å². The molecule has 0 bridgehead atoms. The van der Waals surface area contributed by atoms with Crippen LogP contribution in [0.3, 0.4) is 0 Å². The number of hydrogen-bond donors (Lipinski definition) is 3. The number of ether oxygens (including phenoxy) is 1. The second kappa shape index (κ2) is 5.13. The fourth-order valence-electron chi connectivity index (χ4n) is 2.18. The number of hydrogen-bond acceptors (Lipinski definition) is 7. The third-order valence-corrected chi connectivity index (χ3v) is 3.29. The Kier molecular flexibility index (Phi) is 3.78. The van der Waals surface area contributed by atoms with Gasteiger partial charge >= 0.3 is 11.6 Å². The van der Waals surface area contributed by atoms with Gasteiger partial charge in [-0.2, -0.15) is 13.8 Å². The molecule has 116 valence electrons. The Hall–Kier alpha value is -1.91. The van der Waals surface area contributed by atoms with Crippen molar-refractivity contribution in [3.05, 3.63) is 22.7 Å². The van der Waals surface area contributed by atoms with E-state index >= 15 is 0 Å². The molecule has 1 aliphatic heterocycles. The molecule has 10 heteroatoms. The predicted molar refractivity (Wildman–Crippen MR) is 68.2 cm³/mol. The lowest BCUT2D eigenvalue weighted by molar-refractivity contribution is -0.144. The zero-order chi connectivity index (χ0) is 15.8. The first-order chi connectivity index (χ1) is 9.78. The normalized spacial score (nSPS) is 31.2. The Morgan fingerprint density at radius 3 is 2.81 bits per heavy atom. The molecular weight excluding hydrogens is 290 g/mol. The van der Waals surface area contributed by atoms with E-state index in [2.05, 4.69) is 16.7 Å². The lowest BCUT2D eigenvalue weighted by Gasteiger charge is -2.27. The fourth-order valence-corrected chi connectivity index (χ4v) is 2.18. The van der Waals surface area contributed by atoms with Gasteiger partial charge in [-0.15, -0.1) is 0 Å². The number of rotatable bonds is 4. The van der Waals surface area contributed by atoms with Crippen molar-refractivity contribution < 1.29 is 23.7 Å². The van der Waals surface area contributed by atoms with E-state index in [0.29, 0.717) is 4.57 Å². The maximum absolute atomic E-state index is 14.2. The van der Waals surface area contributed by atoms with Crippen molar-refractivity contribution in [3.8, 4) is 0 Å². The predicted octanol–water partition coefficient (Wildman–Crippen LogP) is -1.22. The first kappa shape index (κ1) is 15.5. The summed E-state index contributed by atoms with van der Waals surface area (Å²) in [7, 11) is 0. The largest absolute Gasteiger partial charge is 0.393 e. The molecule has 1 aromatic rings. The molecular formula is C11H14F2N4O4. The van der Waals surface area contributed by atoms with Crippen LogP contribution in [0.25, 0.3) is 0 Å². The van der Waals surface area contributed by atoms with E-state index in [9.17, 15) is 23.8 Å². The first-order valence-electron chi connectivity index (χ1n) is 5.90. The molecule has 0 radical (unpaired) electrons. The van der Waals surface area contributed by atoms with Crippen molar-refractivity contribution in [2.45, 2.75) is 23.9 Å². The highest BCUT2D eigenvalue weighted by Gasteiger charge is 2.66. The number of nitrogen functional groups attached to an aromatic ring is 1. The Morgan fingerprint density at radius 2 is 2.29 bits per heavy atom. The number of aliphatic hydroxyl groups excluding tert-OH is 2. The van der Waals surface area contributed by atoms with Crippen LogP contribution in [0, 0.1) is 0 Å². The van der Waals surface area contributed by atoms with Crippen LogP contribution in [-0.4, -0.2) is 57.3 Å². The average molecular weight is 304 g/mol. The van der Waals surface area contributed by atoms with E-state index in [-0.39, 0.29) is 5.82 Å². The van der Waals surface area contributed by atoms with Gasteiger partial charge in [-0.3, -0.25) is 9.56 Å². The summed E-state index contributed by atoms with van der Waals surface area (Å²) in [5.74, 6) is -3.98. The molecule has 8 nitrogen and oxygen atoms in total. The third kappa shape index (κ3) is 2.30. The number of aliphatic imine (C=N–C) groups is 1. The molecule has 1 saturated heterocycles. The Labute approximate surface area is 117 Å². The molecule has 1 fully saturated rings. The topological polar surface area (TPSA) is 123 Å². The van der Waals surface area contributed by atoms with E-state index in [1.807, 2.05) is 0 Å². The van der Waals surface area contributed by atoms with Crippen LogP contribution in [0.2, 0.25) is 0 Å². The highest BCUT2D eigenvalue weighted by atomic mass is 19.3. The quantitative estimate of drug-likeness (QED) is 0.599. The van der Waals surface area contributed by atoms with Gasteiger partial charge in [0.05, 0.1) is 13.2 Å². The summed E-state index contributed by atoms with van der Waals surface area (Å²) in [5.41, 5.74) is 2.18. The van der Waals surface area contributed by atoms with Gasteiger partial charge in [0, 0.05) is 6.20 Å². The molecule has 0 saturated carbocycles. The molecule has 0 aliphatic carbocycles. The molecule has 0 aromatic carbocycles. The minimum Gasteiger partial charge on any atom is -0.393 e. The van der Waals surface area contributed by atoms with Gasteiger partial charge in [0.2, 0.25) is 6.23 Å². The molecule has 1 aliphatic rings. The molecule has 21 heavy (non-hydrogen) atoms. The van der Waals surface area contributed by atoms with Crippen LogP contribution in [-0.2, 0) is 4.74 Å². The summed E-state index contributed by atoms with van der Waals surface area (Å²) in [6.45, 7) is 1.75. The standard InChI is InChI=1S/C11H14F2N4O4/c1-15-4-10(5-18)7(19)11(12,13)8(21-10)17-3-2-6(14)16-9(17)20/h2-3,7-8,18-19H,1,4-5H2,(H2,14,16,20)/t7-,8-,10-/m1/s1. The van der Waals surface area contributed by atoms with Crippen LogP contribution in [0.5, 0.6) is 0 Å². The number of nitrogens with two attached hydrogens (primary N) is 1. The molecule has 4 N–H and O–H groups in total. The smallest absolute Gasteiger partial charge is 0.351 e. The molecule has 2 heterocycles. The summed E-state index contributed by atoms with van der Waals surface area (Å²) < 4.78 is 34.0. The van der Waals surface area contributed by atoms with E-state index in [0.717, 1.165) is 12.3 Å². The van der Waals surface area contributed by atoms with Crippen molar-refractivity contribution >= 4 is 12.5 Å². The molecule has 0 spiro atoms. The summed E-state index contributed by atoms with van der Waals surface area (Å²) in [6, 6.07) is 1.14. The zero-order valence-corrected chi connectivity index (χ0v) is 10.8. The average Bonchev–Trinajstić information content (AvgIpc) is 2.61. The van der Waals surface area contributed by atoms with Crippen molar-refractivity contribution in [1.29, 1.82) is 0 Å². The molecule has 0 amide bonds. The van der Waals surface area contributed by atoms with Gasteiger partial charge in [0.15, 0.2) is 6.10 Å². The van der Waals surface area contributed by atoms with Gasteiger partial charge in [-0.05, 0) is 12.8 Å². The van der Waals surface area contributed by atoms with Crippen LogP contribution in [0.1, 0.15) is 6.23 Å². The van der Waals surface area contributed by atoms with Gasteiger partial charge in [0.1, 0.15) is 11.4 Å². The lowest BCUT2D eigenvalue weighted by Crippen LogP contribution is -2.51. The second-order valence-corrected chi connectivity index (χ2v) is 4.69. The minimum atomic E-state index is -3.84. The molecule has 2 rings (SSSR count). The van der Waals surface area contributed by atoms with E-state index in [1.165, 1.54) is 0 Å². The summed E-state index contributed by atoms with van der Waals surface area (Å²) in [4.78, 5) is 18.4. The maximum Gasteiger partial charge on any atom is 0.351 e. The van der Waals surface area contributed by atoms with Crippen molar-refractivity contribution in [2.24, 2.45) is 4.99 Å². The maximum atomic E-state index is 14.2. The van der Waals surface area contributed by atoms with E-state index < -0.39 is 42.7 Å².